The molecule has 1 heteroatoms. The average Bonchev–Trinajstić information content (AvgIpc) is 2.79. The highest BCUT2D eigenvalue weighted by molar-refractivity contribution is 6.15. The summed E-state index contributed by atoms with van der Waals surface area (Å²) in [5, 5.41) is 0.601. The van der Waals surface area contributed by atoms with Crippen molar-refractivity contribution in [2.45, 2.75) is 154 Å². The molecule has 180 valence electrons. The summed E-state index contributed by atoms with van der Waals surface area (Å²) < 4.78 is 0. The third kappa shape index (κ3) is 12.9. The molecule has 0 spiro atoms. The van der Waals surface area contributed by atoms with Crippen molar-refractivity contribution in [2.75, 3.05) is 0 Å². The van der Waals surface area contributed by atoms with Crippen molar-refractivity contribution in [3.05, 3.63) is 35.9 Å². The van der Waals surface area contributed by atoms with Crippen molar-refractivity contribution in [1.29, 1.82) is 0 Å². The van der Waals surface area contributed by atoms with Gasteiger partial charge in [-0.1, -0.05) is 167 Å². The summed E-state index contributed by atoms with van der Waals surface area (Å²) in [7, 11) is 1.34. The first-order chi connectivity index (χ1) is 15.2. The second-order valence-corrected chi connectivity index (χ2v) is 12.5. The van der Waals surface area contributed by atoms with E-state index < -0.39 is 0 Å². The number of rotatable bonds is 21. The van der Waals surface area contributed by atoms with E-state index in [-0.39, 0.29) is 0 Å². The molecule has 0 aliphatic heterocycles. The van der Waals surface area contributed by atoms with Crippen LogP contribution in [0.5, 0.6) is 0 Å². The molecule has 1 aromatic rings. The molecule has 1 rings (SSSR count). The molecule has 0 fully saturated rings. The molecule has 31 heavy (non-hydrogen) atoms. The Bertz CT molecular complexity index is 482. The zero-order valence-electron chi connectivity index (χ0n) is 21.9. The van der Waals surface area contributed by atoms with Crippen molar-refractivity contribution in [1.82, 2.24) is 0 Å². The van der Waals surface area contributed by atoms with Crippen LogP contribution in [-0.4, -0.2) is 10.2 Å². The van der Waals surface area contributed by atoms with Crippen LogP contribution < -0.4 is 0 Å². The Morgan fingerprint density at radius 3 is 1.48 bits per heavy atom. The Morgan fingerprint density at radius 2 is 1.00 bits per heavy atom. The molecule has 0 N–H and O–H groups in total. The van der Waals surface area contributed by atoms with Crippen LogP contribution in [-0.2, 0) is 0 Å². The van der Waals surface area contributed by atoms with Crippen LogP contribution in [0.15, 0.2) is 30.3 Å². The summed E-state index contributed by atoms with van der Waals surface area (Å²) in [5.41, 5.74) is 1.64. The SMILES string of the molecule is CCCCCCCCCCC(c1ccccc1)C([SiH3])(CCCCCC)CCCCCC. The second kappa shape index (κ2) is 19.0. The van der Waals surface area contributed by atoms with E-state index in [9.17, 15) is 0 Å². The van der Waals surface area contributed by atoms with Gasteiger partial charge in [-0.05, 0) is 22.9 Å². The number of unbranched alkanes of at least 4 members (excludes halogenated alkanes) is 13. The van der Waals surface area contributed by atoms with Gasteiger partial charge in [0.2, 0.25) is 0 Å². The molecule has 0 nitrogen and oxygen atoms in total. The fourth-order valence-corrected chi connectivity index (χ4v) is 6.80. The molecule has 0 heterocycles. The van der Waals surface area contributed by atoms with Gasteiger partial charge in [-0.2, -0.15) is 0 Å². The highest BCUT2D eigenvalue weighted by Gasteiger charge is 2.33. The highest BCUT2D eigenvalue weighted by atomic mass is 28.1. The van der Waals surface area contributed by atoms with Crippen LogP contribution >= 0.6 is 0 Å². The Balaban J connectivity index is 2.73. The molecule has 0 radical (unpaired) electrons. The quantitative estimate of drug-likeness (QED) is 0.131. The van der Waals surface area contributed by atoms with Crippen LogP contribution in [0.4, 0.5) is 0 Å². The zero-order chi connectivity index (χ0) is 22.6. The van der Waals surface area contributed by atoms with Gasteiger partial charge in [-0.3, -0.25) is 0 Å². The molecular formula is C30H56Si. The smallest absolute Gasteiger partial charge is 0.0114 e. The molecule has 0 aromatic heterocycles. The van der Waals surface area contributed by atoms with Gasteiger partial charge in [-0.15, -0.1) is 0 Å². The molecular weight excluding hydrogens is 388 g/mol. The summed E-state index contributed by atoms with van der Waals surface area (Å²) in [4.78, 5) is 0. The van der Waals surface area contributed by atoms with Crippen molar-refractivity contribution in [2.24, 2.45) is 0 Å². The monoisotopic (exact) mass is 444 g/mol. The third-order valence-electron chi connectivity index (χ3n) is 7.59. The molecule has 0 bridgehead atoms. The predicted molar refractivity (Wildman–Crippen MR) is 147 cm³/mol. The fourth-order valence-electron chi connectivity index (χ4n) is 5.47. The Labute approximate surface area is 199 Å². The Morgan fingerprint density at radius 1 is 0.581 bits per heavy atom. The summed E-state index contributed by atoms with van der Waals surface area (Å²) in [6.07, 6.45) is 27.2. The van der Waals surface area contributed by atoms with Crippen LogP contribution in [0.3, 0.4) is 0 Å². The maximum atomic E-state index is 2.44. The fraction of sp³-hybridized carbons (Fsp3) is 0.800. The molecule has 0 aliphatic rings. The first-order valence-electron chi connectivity index (χ1n) is 14.2. The maximum Gasteiger partial charge on any atom is 0.0114 e. The predicted octanol–water partition coefficient (Wildman–Crippen LogP) is 9.77. The Hall–Kier alpha value is -0.563. The first kappa shape index (κ1) is 28.5. The van der Waals surface area contributed by atoms with Crippen LogP contribution in [0, 0.1) is 0 Å². The van der Waals surface area contributed by atoms with Gasteiger partial charge in [0.05, 0.1) is 0 Å². The van der Waals surface area contributed by atoms with E-state index in [0.29, 0.717) is 5.04 Å². The standard InChI is InChI=1S/C30H56Si/c1-4-7-10-13-14-15-16-20-25-29(28-23-18-17-19-24-28)30(31,26-21-11-8-5-2)27-22-12-9-6-3/h17-19,23-24,29H,4-16,20-22,25-27H2,1-3,31H3. The second-order valence-electron chi connectivity index (χ2n) is 10.5. The summed E-state index contributed by atoms with van der Waals surface area (Å²) >= 11 is 0. The van der Waals surface area contributed by atoms with Crippen molar-refractivity contribution in [3.8, 4) is 0 Å². The maximum absolute atomic E-state index is 2.44. The lowest BCUT2D eigenvalue weighted by Crippen LogP contribution is -2.23. The number of hydrogen-bond donors (Lipinski definition) is 0. The van der Waals surface area contributed by atoms with E-state index in [4.69, 9.17) is 0 Å². The van der Waals surface area contributed by atoms with Gasteiger partial charge >= 0.3 is 0 Å². The zero-order valence-corrected chi connectivity index (χ0v) is 23.9. The summed E-state index contributed by atoms with van der Waals surface area (Å²) in [6.45, 7) is 7.00. The minimum absolute atomic E-state index is 0.601. The molecule has 1 unspecified atom stereocenters. The number of hydrogen-bond acceptors (Lipinski definition) is 0. The minimum atomic E-state index is 0.601. The van der Waals surface area contributed by atoms with E-state index in [1.165, 1.54) is 132 Å². The topological polar surface area (TPSA) is 0 Å². The lowest BCUT2D eigenvalue weighted by molar-refractivity contribution is 0.342. The van der Waals surface area contributed by atoms with Gasteiger partial charge in [0, 0.05) is 10.2 Å². The lowest BCUT2D eigenvalue weighted by atomic mass is 9.75. The van der Waals surface area contributed by atoms with E-state index in [0.717, 1.165) is 5.92 Å². The van der Waals surface area contributed by atoms with Gasteiger partial charge in [0.1, 0.15) is 0 Å². The van der Waals surface area contributed by atoms with E-state index >= 15 is 0 Å². The average molecular weight is 445 g/mol. The molecule has 0 saturated carbocycles. The highest BCUT2D eigenvalue weighted by Crippen LogP contribution is 2.51. The Kier molecular flexibility index (Phi) is 17.4. The van der Waals surface area contributed by atoms with Crippen molar-refractivity contribution in [3.63, 3.8) is 0 Å². The lowest BCUT2D eigenvalue weighted by Gasteiger charge is -2.39. The van der Waals surface area contributed by atoms with Crippen LogP contribution in [0.1, 0.15) is 154 Å². The van der Waals surface area contributed by atoms with Crippen molar-refractivity contribution >= 4 is 10.2 Å². The van der Waals surface area contributed by atoms with Crippen LogP contribution in [0.25, 0.3) is 0 Å². The van der Waals surface area contributed by atoms with Gasteiger partial charge < -0.3 is 0 Å². The molecule has 0 amide bonds. The van der Waals surface area contributed by atoms with Gasteiger partial charge in [-0.25, -0.2) is 0 Å². The van der Waals surface area contributed by atoms with E-state index in [1.807, 2.05) is 0 Å². The number of benzene rings is 1. The molecule has 1 atom stereocenters. The normalized spacial score (nSPS) is 13.0. The largest absolute Gasteiger partial charge is 0.0654 e. The molecule has 1 aromatic carbocycles. The molecule has 0 saturated heterocycles. The van der Waals surface area contributed by atoms with E-state index in [2.05, 4.69) is 51.1 Å². The minimum Gasteiger partial charge on any atom is -0.0654 e. The van der Waals surface area contributed by atoms with E-state index in [1.54, 1.807) is 5.56 Å². The molecule has 0 aliphatic carbocycles. The third-order valence-corrected chi connectivity index (χ3v) is 9.29. The summed E-state index contributed by atoms with van der Waals surface area (Å²) in [6, 6.07) is 11.7. The van der Waals surface area contributed by atoms with Crippen LogP contribution in [0.2, 0.25) is 5.04 Å². The van der Waals surface area contributed by atoms with Crippen molar-refractivity contribution < 1.29 is 0 Å². The van der Waals surface area contributed by atoms with Gasteiger partial charge in [0.15, 0.2) is 0 Å². The van der Waals surface area contributed by atoms with Gasteiger partial charge in [0.25, 0.3) is 0 Å². The first-order valence-corrected chi connectivity index (χ1v) is 15.2. The summed E-state index contributed by atoms with van der Waals surface area (Å²) in [5.74, 6) is 0.795.